The van der Waals surface area contributed by atoms with Gasteiger partial charge in [0.25, 0.3) is 0 Å². The molecule has 0 saturated heterocycles. The highest BCUT2D eigenvalue weighted by Crippen LogP contribution is 2.21. The summed E-state index contributed by atoms with van der Waals surface area (Å²) >= 11 is 3.13. The molecule has 0 aliphatic carbocycles. The van der Waals surface area contributed by atoms with E-state index in [1.54, 1.807) is 13.0 Å². The van der Waals surface area contributed by atoms with Crippen LogP contribution in [0.4, 0.5) is 4.39 Å². The average Bonchev–Trinajstić information content (AvgIpc) is 2.14. The molecule has 0 radical (unpaired) electrons. The lowest BCUT2D eigenvalue weighted by atomic mass is 10.3. The van der Waals surface area contributed by atoms with Crippen LogP contribution in [0.1, 0.15) is 6.92 Å². The Kier molecular flexibility index (Phi) is 3.90. The molecule has 0 amide bonds. The molecule has 82 valence electrons. The van der Waals surface area contributed by atoms with E-state index in [1.165, 1.54) is 12.1 Å². The van der Waals surface area contributed by atoms with Crippen LogP contribution in [0.25, 0.3) is 0 Å². The van der Waals surface area contributed by atoms with Crippen LogP contribution in [0.5, 0.6) is 5.75 Å². The number of oxime groups is 1. The van der Waals surface area contributed by atoms with Gasteiger partial charge in [-0.05, 0) is 19.1 Å². The van der Waals surface area contributed by atoms with Gasteiger partial charge in [-0.1, -0.05) is 21.1 Å². The van der Waals surface area contributed by atoms with Crippen molar-refractivity contribution in [3.05, 3.63) is 28.5 Å². The van der Waals surface area contributed by atoms with Gasteiger partial charge in [0.1, 0.15) is 11.6 Å². The van der Waals surface area contributed by atoms with Crippen molar-refractivity contribution in [1.82, 2.24) is 0 Å². The minimum Gasteiger partial charge on any atom is -0.483 e. The van der Waals surface area contributed by atoms with Gasteiger partial charge in [0, 0.05) is 10.5 Å². The maximum atomic E-state index is 12.9. The van der Waals surface area contributed by atoms with Crippen molar-refractivity contribution in [3.63, 3.8) is 0 Å². The molecule has 0 aliphatic rings. The van der Waals surface area contributed by atoms with Crippen LogP contribution in [-0.4, -0.2) is 17.1 Å². The second kappa shape index (κ2) is 4.97. The van der Waals surface area contributed by atoms with E-state index in [0.29, 0.717) is 10.2 Å². The minimum atomic E-state index is -0.622. The first kappa shape index (κ1) is 11.8. The van der Waals surface area contributed by atoms with Crippen molar-refractivity contribution in [1.29, 1.82) is 0 Å². The third kappa shape index (κ3) is 3.39. The lowest BCUT2D eigenvalue weighted by Gasteiger charge is -2.13. The van der Waals surface area contributed by atoms with E-state index in [-0.39, 0.29) is 5.84 Å². The number of hydrogen-bond donors (Lipinski definition) is 2. The predicted octanol–water partition coefficient (Wildman–Crippen LogP) is 2.10. The van der Waals surface area contributed by atoms with Gasteiger partial charge >= 0.3 is 0 Å². The van der Waals surface area contributed by atoms with Crippen LogP contribution < -0.4 is 10.5 Å². The number of nitrogens with zero attached hydrogens (tertiary/aromatic N) is 1. The van der Waals surface area contributed by atoms with Gasteiger partial charge in [-0.15, -0.1) is 0 Å². The number of nitrogens with two attached hydrogens (primary N) is 1. The largest absolute Gasteiger partial charge is 0.483 e. The fraction of sp³-hybridized carbons (Fsp3) is 0.222. The monoisotopic (exact) mass is 276 g/mol. The molecule has 1 aromatic carbocycles. The lowest BCUT2D eigenvalue weighted by Crippen LogP contribution is -2.31. The first-order valence-corrected chi connectivity index (χ1v) is 4.92. The summed E-state index contributed by atoms with van der Waals surface area (Å²) in [5.74, 6) is -0.192. The maximum Gasteiger partial charge on any atom is 0.180 e. The first-order valence-electron chi connectivity index (χ1n) is 4.13. The van der Waals surface area contributed by atoms with E-state index in [9.17, 15) is 4.39 Å². The molecule has 0 spiro atoms. The summed E-state index contributed by atoms with van der Waals surface area (Å²) in [5.41, 5.74) is 5.31. The molecule has 0 aliphatic heterocycles. The quantitative estimate of drug-likeness (QED) is 0.385. The molecule has 1 rings (SSSR count). The Balaban J connectivity index is 2.81. The molecular weight excluding hydrogens is 267 g/mol. The van der Waals surface area contributed by atoms with Gasteiger partial charge in [-0.25, -0.2) is 4.39 Å². The Morgan fingerprint density at radius 1 is 1.60 bits per heavy atom. The molecule has 0 bridgehead atoms. The highest BCUT2D eigenvalue weighted by Gasteiger charge is 2.10. The van der Waals surface area contributed by atoms with E-state index in [0.717, 1.165) is 0 Å². The van der Waals surface area contributed by atoms with E-state index >= 15 is 0 Å². The number of hydrogen-bond acceptors (Lipinski definition) is 3. The van der Waals surface area contributed by atoms with Crippen LogP contribution in [0.15, 0.2) is 27.8 Å². The molecule has 0 heterocycles. The maximum absolute atomic E-state index is 12.9. The molecule has 6 heteroatoms. The zero-order valence-corrected chi connectivity index (χ0v) is 9.53. The Hall–Kier alpha value is -1.30. The van der Waals surface area contributed by atoms with Gasteiger partial charge in [0.2, 0.25) is 0 Å². The van der Waals surface area contributed by atoms with Crippen LogP contribution >= 0.6 is 15.9 Å². The smallest absolute Gasteiger partial charge is 0.180 e. The molecule has 0 saturated carbocycles. The fourth-order valence-electron chi connectivity index (χ4n) is 0.942. The van der Waals surface area contributed by atoms with Crippen molar-refractivity contribution < 1.29 is 14.3 Å². The summed E-state index contributed by atoms with van der Waals surface area (Å²) in [5, 5.41) is 11.2. The summed E-state index contributed by atoms with van der Waals surface area (Å²) < 4.78 is 18.7. The van der Waals surface area contributed by atoms with Crippen molar-refractivity contribution in [2.45, 2.75) is 13.0 Å². The van der Waals surface area contributed by atoms with Gasteiger partial charge in [-0.3, -0.25) is 0 Å². The minimum absolute atomic E-state index is 0.0737. The lowest BCUT2D eigenvalue weighted by molar-refractivity contribution is 0.264. The predicted molar refractivity (Wildman–Crippen MR) is 57.6 cm³/mol. The summed E-state index contributed by atoms with van der Waals surface area (Å²) in [7, 11) is 0. The van der Waals surface area contributed by atoms with Crippen molar-refractivity contribution in [2.75, 3.05) is 0 Å². The Morgan fingerprint density at radius 2 is 2.27 bits per heavy atom. The second-order valence-corrected chi connectivity index (χ2v) is 3.81. The molecule has 0 fully saturated rings. The number of rotatable bonds is 3. The zero-order valence-electron chi connectivity index (χ0n) is 7.95. The van der Waals surface area contributed by atoms with Gasteiger partial charge < -0.3 is 15.7 Å². The van der Waals surface area contributed by atoms with Gasteiger partial charge in [-0.2, -0.15) is 0 Å². The number of ether oxygens (including phenoxy) is 1. The Labute approximate surface area is 94.7 Å². The van der Waals surface area contributed by atoms with Crippen LogP contribution in [-0.2, 0) is 0 Å². The van der Waals surface area contributed by atoms with E-state index < -0.39 is 11.9 Å². The zero-order chi connectivity index (χ0) is 11.4. The van der Waals surface area contributed by atoms with E-state index in [1.807, 2.05) is 0 Å². The summed E-state index contributed by atoms with van der Waals surface area (Å²) in [6.07, 6.45) is -0.622. The highest BCUT2D eigenvalue weighted by molar-refractivity contribution is 9.10. The van der Waals surface area contributed by atoms with E-state index in [4.69, 9.17) is 15.7 Å². The van der Waals surface area contributed by atoms with Gasteiger partial charge in [0.05, 0.1) is 0 Å². The second-order valence-electron chi connectivity index (χ2n) is 2.89. The number of amidine groups is 1. The molecule has 4 nitrogen and oxygen atoms in total. The topological polar surface area (TPSA) is 67.8 Å². The van der Waals surface area contributed by atoms with Crippen molar-refractivity contribution in [3.8, 4) is 5.75 Å². The Morgan fingerprint density at radius 3 is 2.80 bits per heavy atom. The van der Waals surface area contributed by atoms with Crippen LogP contribution in [0.3, 0.4) is 0 Å². The fourth-order valence-corrected chi connectivity index (χ4v) is 1.39. The number of benzene rings is 1. The van der Waals surface area contributed by atoms with Crippen molar-refractivity contribution in [2.24, 2.45) is 10.9 Å². The molecule has 15 heavy (non-hydrogen) atoms. The van der Waals surface area contributed by atoms with Crippen LogP contribution in [0.2, 0.25) is 0 Å². The molecule has 1 atom stereocenters. The molecule has 3 N–H and O–H groups in total. The molecular formula is C9H10BrFN2O2. The summed E-state index contributed by atoms with van der Waals surface area (Å²) in [6, 6.07) is 4.11. The number of halogens is 2. The van der Waals surface area contributed by atoms with Crippen molar-refractivity contribution >= 4 is 21.8 Å². The third-order valence-electron chi connectivity index (χ3n) is 1.68. The standard InChI is InChI=1S/C9H10BrFN2O2/c1-5(9(12)13-14)15-8-3-6(10)2-7(11)4-8/h2-5,14H,1H3,(H2,12,13). The first-order chi connectivity index (χ1) is 7.02. The highest BCUT2D eigenvalue weighted by atomic mass is 79.9. The molecule has 0 aromatic heterocycles. The van der Waals surface area contributed by atoms with Crippen LogP contribution in [0, 0.1) is 5.82 Å². The molecule has 1 unspecified atom stereocenters. The van der Waals surface area contributed by atoms with Gasteiger partial charge in [0.15, 0.2) is 11.9 Å². The molecule has 1 aromatic rings. The SMILES string of the molecule is CC(Oc1cc(F)cc(Br)c1)/C(N)=N/O. The Bertz CT molecular complexity index is 364. The summed E-state index contributed by atoms with van der Waals surface area (Å²) in [4.78, 5) is 0. The average molecular weight is 277 g/mol. The van der Waals surface area contributed by atoms with E-state index in [2.05, 4.69) is 21.1 Å². The normalized spacial score (nSPS) is 13.7. The third-order valence-corrected chi connectivity index (χ3v) is 2.14. The summed E-state index contributed by atoms with van der Waals surface area (Å²) in [6.45, 7) is 1.59.